The van der Waals surface area contributed by atoms with E-state index in [4.69, 9.17) is 37.9 Å². The summed E-state index contributed by atoms with van der Waals surface area (Å²) in [6.07, 6.45) is -5.41. The van der Waals surface area contributed by atoms with Crippen LogP contribution in [0, 0.1) is 5.92 Å². The molecular formula is C73H131N3O29. The number of nitrogens with one attached hydrogen (secondary N) is 3. The minimum Gasteiger partial charge on any atom is -0.477 e. The summed E-state index contributed by atoms with van der Waals surface area (Å²) in [6, 6.07) is -5.15. The average Bonchev–Trinajstić information content (AvgIpc) is 0.744. The van der Waals surface area contributed by atoms with Crippen molar-refractivity contribution in [2.24, 2.45) is 5.92 Å². The molecule has 0 aromatic carbocycles. The molecule has 0 aromatic heterocycles. The summed E-state index contributed by atoms with van der Waals surface area (Å²) in [4.78, 5) is 67.5. The lowest BCUT2D eigenvalue weighted by Crippen LogP contribution is -2.72. The van der Waals surface area contributed by atoms with Crippen LogP contribution in [0.2, 0.25) is 0 Å². The molecule has 0 aromatic rings. The maximum Gasteiger partial charge on any atom is 0.364 e. The minimum absolute atomic E-state index is 0.116. The molecule has 32 heteroatoms. The quantitative estimate of drug-likeness (QED) is 0.0302. The Balaban J connectivity index is 1.52. The van der Waals surface area contributed by atoms with Crippen molar-refractivity contribution in [3.8, 4) is 0 Å². The van der Waals surface area contributed by atoms with E-state index in [1.807, 2.05) is 0 Å². The van der Waals surface area contributed by atoms with Gasteiger partial charge in [-0.2, -0.15) is 0 Å². The Morgan fingerprint density at radius 1 is 0.562 bits per heavy atom. The number of aliphatic hydroxyl groups excluding tert-OH is 14. The van der Waals surface area contributed by atoms with E-state index in [1.54, 1.807) is 6.08 Å². The summed E-state index contributed by atoms with van der Waals surface area (Å²) in [5.74, 6) is -12.9. The summed E-state index contributed by atoms with van der Waals surface area (Å²) in [6.45, 7) is 3.63. The van der Waals surface area contributed by atoms with Crippen molar-refractivity contribution in [1.82, 2.24) is 16.0 Å². The van der Waals surface area contributed by atoms with Crippen LogP contribution in [0.5, 0.6) is 0 Å². The minimum atomic E-state index is -3.38. The number of aliphatic hydroxyl groups is 14. The summed E-state index contributed by atoms with van der Waals surface area (Å²) in [5, 5.41) is 182. The maximum absolute atomic E-state index is 13.8. The molecule has 3 amide bonds. The molecule has 0 aliphatic carbocycles. The Bertz CT molecular complexity index is 2480. The van der Waals surface area contributed by atoms with Crippen molar-refractivity contribution in [2.45, 2.75) is 380 Å². The Morgan fingerprint density at radius 3 is 1.56 bits per heavy atom. The number of carboxylic acids is 2. The highest BCUT2D eigenvalue weighted by Gasteiger charge is 2.63. The maximum atomic E-state index is 13.8. The number of hydrogen-bond donors (Lipinski definition) is 19. The highest BCUT2D eigenvalue weighted by Crippen LogP contribution is 2.42. The average molecular weight is 1510 g/mol. The number of carboxylic acid groups (broad SMARTS) is 2. The fraction of sp³-hybridized carbons (Fsp3) is 0.904. The zero-order valence-electron chi connectivity index (χ0n) is 62.4. The first-order chi connectivity index (χ1) is 50.0. The predicted octanol–water partition coefficient (Wildman–Crippen LogP) is 1.37. The largest absolute Gasteiger partial charge is 0.477 e. The van der Waals surface area contributed by atoms with E-state index >= 15 is 0 Å². The number of carbonyl (C=O) groups is 5. The monoisotopic (exact) mass is 1510 g/mol. The molecule has 4 heterocycles. The molecule has 4 aliphatic rings. The van der Waals surface area contributed by atoms with Crippen LogP contribution in [0.1, 0.15) is 234 Å². The van der Waals surface area contributed by atoms with Crippen molar-refractivity contribution in [2.75, 3.05) is 33.0 Å². The van der Waals surface area contributed by atoms with Gasteiger partial charge in [0.25, 0.3) is 11.6 Å². The van der Waals surface area contributed by atoms with Crippen LogP contribution in [0.4, 0.5) is 0 Å². The topological polar surface area (TPSA) is 519 Å². The van der Waals surface area contributed by atoms with Crippen LogP contribution in [0.15, 0.2) is 12.2 Å². The molecule has 0 saturated carbocycles. The van der Waals surface area contributed by atoms with Crippen molar-refractivity contribution < 1.29 is 144 Å². The SMILES string of the molecule is CCCCCCCCCCCCCCCCCCCCCC(=O)NC(COC1OC(COC2(C(=O)O)CC(OC3(C(=O)O)CC(O)C(NC(=O)COC4OC(C)C(O)C(O)C4O)C(C(O)C(O)CO)O3)C(NC(C)=O)C(C(O)C(O)CO)O2)C(O)C(O)C1O)C(O)C=CCCCCCCCCC(C)CC. The molecule has 0 bridgehead atoms. The van der Waals surface area contributed by atoms with Crippen LogP contribution in [0.3, 0.4) is 0 Å². The van der Waals surface area contributed by atoms with Gasteiger partial charge in [0.15, 0.2) is 12.6 Å². The first-order valence-electron chi connectivity index (χ1n) is 38.6. The number of aliphatic carboxylic acids is 2. The third-order valence-electron chi connectivity index (χ3n) is 20.5. The van der Waals surface area contributed by atoms with E-state index in [0.29, 0.717) is 18.8 Å². The van der Waals surface area contributed by atoms with Crippen molar-refractivity contribution >= 4 is 29.7 Å². The molecule has 4 fully saturated rings. The Kier molecular flexibility index (Phi) is 44.1. The van der Waals surface area contributed by atoms with Gasteiger partial charge in [-0.3, -0.25) is 14.4 Å². The number of carbonyl (C=O) groups excluding carboxylic acids is 3. The molecule has 612 valence electrons. The lowest BCUT2D eigenvalue weighted by molar-refractivity contribution is -0.365. The highest BCUT2D eigenvalue weighted by atomic mass is 16.8. The second-order valence-corrected chi connectivity index (χ2v) is 29.3. The van der Waals surface area contributed by atoms with E-state index in [0.717, 1.165) is 77.6 Å². The summed E-state index contributed by atoms with van der Waals surface area (Å²) >= 11 is 0. The van der Waals surface area contributed by atoms with Crippen molar-refractivity contribution in [3.05, 3.63) is 12.2 Å². The highest BCUT2D eigenvalue weighted by molar-refractivity contribution is 5.79. The van der Waals surface area contributed by atoms with Gasteiger partial charge in [0.05, 0.1) is 69.0 Å². The van der Waals surface area contributed by atoms with E-state index in [9.17, 15) is 106 Å². The third-order valence-corrected chi connectivity index (χ3v) is 20.5. The standard InChI is InChI=1S/C73H131N3O29/c1-6-8-9-10-11-12-13-14-15-16-17-18-19-20-21-22-27-30-33-36-54(84)75-47(48(80)35-32-29-26-24-23-25-28-31-34-44(3)7-2)41-98-69-65(93)63(91)61(89)53(102-69)42-100-72(70(94)95)38-52(57(74-46(5)79)67(104-72)60(88)51(83)40-78)103-73(71(96)97)37-49(81)56(66(105-73)59(87)50(82)39-77)76-55(85)43-99-68-64(92)62(90)58(86)45(4)101-68/h32,35,44-45,47-53,56-69,77-78,80-83,86-93H,6-31,33-34,36-43H2,1-5H3,(H,74,79)(H,75,84)(H,76,85)(H,94,95)(H,96,97). The van der Waals surface area contributed by atoms with Gasteiger partial charge in [-0.05, 0) is 32.1 Å². The van der Waals surface area contributed by atoms with E-state index < -0.39 is 222 Å². The van der Waals surface area contributed by atoms with Gasteiger partial charge in [0.2, 0.25) is 17.7 Å². The smallest absolute Gasteiger partial charge is 0.364 e. The fourth-order valence-corrected chi connectivity index (χ4v) is 13.7. The molecule has 105 heavy (non-hydrogen) atoms. The van der Waals surface area contributed by atoms with Gasteiger partial charge in [0, 0.05) is 26.2 Å². The number of rotatable bonds is 54. The molecule has 19 N–H and O–H groups in total. The number of unbranched alkanes of at least 4 members (excludes halogenated alkanes) is 24. The second kappa shape index (κ2) is 49.5. The molecule has 25 atom stereocenters. The summed E-state index contributed by atoms with van der Waals surface area (Å²) in [5.41, 5.74) is 0. The molecular weight excluding hydrogens is 1380 g/mol. The molecule has 4 rings (SSSR count). The summed E-state index contributed by atoms with van der Waals surface area (Å²) < 4.78 is 46.3. The van der Waals surface area contributed by atoms with Gasteiger partial charge in [0.1, 0.15) is 86.0 Å². The van der Waals surface area contributed by atoms with Crippen LogP contribution in [-0.2, 0) is 61.9 Å². The first-order valence-corrected chi connectivity index (χ1v) is 38.6. The van der Waals surface area contributed by atoms with Gasteiger partial charge >= 0.3 is 11.9 Å². The van der Waals surface area contributed by atoms with Gasteiger partial charge in [-0.1, -0.05) is 193 Å². The van der Waals surface area contributed by atoms with E-state index in [2.05, 4.69) is 36.7 Å². The zero-order chi connectivity index (χ0) is 77.8. The molecule has 4 aliphatic heterocycles. The number of allylic oxidation sites excluding steroid dienone is 1. The Morgan fingerprint density at radius 2 is 1.05 bits per heavy atom. The predicted molar refractivity (Wildman–Crippen MR) is 377 cm³/mol. The van der Waals surface area contributed by atoms with Crippen molar-refractivity contribution in [1.29, 1.82) is 0 Å². The Labute approximate surface area is 617 Å². The lowest BCUT2D eigenvalue weighted by Gasteiger charge is -2.52. The zero-order valence-corrected chi connectivity index (χ0v) is 62.4. The molecule has 0 radical (unpaired) electrons. The normalized spacial score (nSPS) is 31.5. The van der Waals surface area contributed by atoms with Gasteiger partial charge in [-0.25, -0.2) is 9.59 Å². The lowest BCUT2D eigenvalue weighted by atomic mass is 9.86. The molecule has 25 unspecified atom stereocenters. The van der Waals surface area contributed by atoms with Crippen LogP contribution < -0.4 is 16.0 Å². The van der Waals surface area contributed by atoms with E-state index in [1.165, 1.54) is 109 Å². The Hall–Kier alpha value is -3.79. The van der Waals surface area contributed by atoms with E-state index in [-0.39, 0.29) is 6.42 Å². The molecule has 4 saturated heterocycles. The van der Waals surface area contributed by atoms with Crippen molar-refractivity contribution in [3.63, 3.8) is 0 Å². The van der Waals surface area contributed by atoms with Crippen LogP contribution >= 0.6 is 0 Å². The first kappa shape index (κ1) is 93.6. The van der Waals surface area contributed by atoms with Crippen LogP contribution in [-0.4, -0.2) is 290 Å². The number of hydrogen-bond acceptors (Lipinski definition) is 27. The second-order valence-electron chi connectivity index (χ2n) is 29.3. The molecule has 0 spiro atoms. The summed E-state index contributed by atoms with van der Waals surface area (Å²) in [7, 11) is 0. The van der Waals surface area contributed by atoms with Crippen LogP contribution in [0.25, 0.3) is 0 Å². The van der Waals surface area contributed by atoms with Gasteiger partial charge in [-0.15, -0.1) is 0 Å². The fourth-order valence-electron chi connectivity index (χ4n) is 13.7. The molecule has 32 nitrogen and oxygen atoms in total. The number of ether oxygens (including phenoxy) is 8. The van der Waals surface area contributed by atoms with Gasteiger partial charge < -0.3 is 136 Å². The third kappa shape index (κ3) is 30.8. The number of amides is 3.